The van der Waals surface area contributed by atoms with Gasteiger partial charge in [0.25, 0.3) is 0 Å². The molecule has 2 saturated carbocycles. The lowest BCUT2D eigenvalue weighted by Crippen LogP contribution is -2.24. The molecular weight excluding hydrogens is 158 g/mol. The second-order valence-electron chi connectivity index (χ2n) is 5.09. The molecule has 0 aliphatic heterocycles. The van der Waals surface area contributed by atoms with Crippen molar-refractivity contribution in [3.05, 3.63) is 0 Å². The van der Waals surface area contributed by atoms with Crippen molar-refractivity contribution in [1.82, 2.24) is 5.32 Å². The maximum Gasteiger partial charge on any atom is -0.00149 e. The lowest BCUT2D eigenvalue weighted by Gasteiger charge is -2.10. The van der Waals surface area contributed by atoms with Gasteiger partial charge >= 0.3 is 0 Å². The Kier molecular flexibility index (Phi) is 2.92. The molecule has 2 fully saturated rings. The zero-order valence-electron chi connectivity index (χ0n) is 9.05. The van der Waals surface area contributed by atoms with Crippen molar-refractivity contribution in [3.63, 3.8) is 0 Å². The Morgan fingerprint density at radius 1 is 1.31 bits per heavy atom. The molecule has 2 rings (SSSR count). The van der Waals surface area contributed by atoms with Gasteiger partial charge in [-0.15, -0.1) is 0 Å². The third-order valence-corrected chi connectivity index (χ3v) is 4.15. The third kappa shape index (κ3) is 2.07. The molecule has 0 aromatic heterocycles. The molecule has 2 aliphatic rings. The van der Waals surface area contributed by atoms with Crippen LogP contribution in [0.1, 0.15) is 39.5 Å². The van der Waals surface area contributed by atoms with Crippen LogP contribution in [-0.4, -0.2) is 13.1 Å². The fourth-order valence-electron chi connectivity index (χ4n) is 2.91. The molecular formula is C12H23N. The summed E-state index contributed by atoms with van der Waals surface area (Å²) >= 11 is 0. The van der Waals surface area contributed by atoms with Gasteiger partial charge in [0, 0.05) is 0 Å². The normalized spacial score (nSPS) is 38.8. The first kappa shape index (κ1) is 9.51. The van der Waals surface area contributed by atoms with Crippen molar-refractivity contribution in [2.75, 3.05) is 13.1 Å². The monoisotopic (exact) mass is 181 g/mol. The minimum Gasteiger partial charge on any atom is -0.316 e. The van der Waals surface area contributed by atoms with Crippen LogP contribution >= 0.6 is 0 Å². The van der Waals surface area contributed by atoms with Crippen LogP contribution in [0.5, 0.6) is 0 Å². The molecule has 2 aliphatic carbocycles. The summed E-state index contributed by atoms with van der Waals surface area (Å²) < 4.78 is 0. The predicted octanol–water partition coefficient (Wildman–Crippen LogP) is 2.67. The Bertz CT molecular complexity index is 157. The highest BCUT2D eigenvalue weighted by Gasteiger charge is 2.51. The van der Waals surface area contributed by atoms with Crippen LogP contribution in [0.4, 0.5) is 0 Å². The Morgan fingerprint density at radius 3 is 2.62 bits per heavy atom. The van der Waals surface area contributed by atoms with Crippen molar-refractivity contribution >= 4 is 0 Å². The zero-order chi connectivity index (χ0) is 9.26. The zero-order valence-corrected chi connectivity index (χ0v) is 9.05. The molecule has 3 unspecified atom stereocenters. The van der Waals surface area contributed by atoms with Gasteiger partial charge in [0.2, 0.25) is 0 Å². The minimum absolute atomic E-state index is 0.860. The van der Waals surface area contributed by atoms with Crippen LogP contribution in [0, 0.1) is 23.7 Å². The number of nitrogens with one attached hydrogen (secondary N) is 1. The molecule has 76 valence electrons. The Labute approximate surface area is 82.3 Å². The molecule has 0 heterocycles. The maximum absolute atomic E-state index is 3.63. The highest BCUT2D eigenvalue weighted by molar-refractivity contribution is 5.01. The summed E-state index contributed by atoms with van der Waals surface area (Å²) in [5.41, 5.74) is 0. The van der Waals surface area contributed by atoms with Crippen LogP contribution in [0.25, 0.3) is 0 Å². The molecule has 1 nitrogen and oxygen atoms in total. The summed E-state index contributed by atoms with van der Waals surface area (Å²) in [5, 5.41) is 3.63. The first-order chi connectivity index (χ1) is 6.33. The van der Waals surface area contributed by atoms with Gasteiger partial charge in [-0.05, 0) is 49.6 Å². The fourth-order valence-corrected chi connectivity index (χ4v) is 2.91. The molecule has 0 radical (unpaired) electrons. The average Bonchev–Trinajstić information content (AvgIpc) is 2.63. The predicted molar refractivity (Wildman–Crippen MR) is 56.6 cm³/mol. The summed E-state index contributed by atoms with van der Waals surface area (Å²) in [5.74, 6) is 4.19. The van der Waals surface area contributed by atoms with E-state index in [-0.39, 0.29) is 0 Å². The number of rotatable bonds is 5. The van der Waals surface area contributed by atoms with Crippen LogP contribution in [0.2, 0.25) is 0 Å². The number of hydrogen-bond acceptors (Lipinski definition) is 1. The van der Waals surface area contributed by atoms with Crippen LogP contribution < -0.4 is 5.32 Å². The van der Waals surface area contributed by atoms with E-state index in [0.717, 1.165) is 23.7 Å². The van der Waals surface area contributed by atoms with E-state index in [1.54, 1.807) is 0 Å². The van der Waals surface area contributed by atoms with Crippen LogP contribution in [0.3, 0.4) is 0 Å². The van der Waals surface area contributed by atoms with E-state index < -0.39 is 0 Å². The van der Waals surface area contributed by atoms with Gasteiger partial charge in [-0.1, -0.05) is 26.7 Å². The first-order valence-electron chi connectivity index (χ1n) is 6.03. The van der Waals surface area contributed by atoms with Crippen LogP contribution in [0.15, 0.2) is 0 Å². The minimum atomic E-state index is 0.860. The molecule has 3 atom stereocenters. The van der Waals surface area contributed by atoms with E-state index in [2.05, 4.69) is 19.2 Å². The van der Waals surface area contributed by atoms with Crippen molar-refractivity contribution < 1.29 is 0 Å². The molecule has 1 heteroatoms. The van der Waals surface area contributed by atoms with E-state index in [0.29, 0.717) is 0 Å². The van der Waals surface area contributed by atoms with Gasteiger partial charge in [-0.25, -0.2) is 0 Å². The average molecular weight is 181 g/mol. The van der Waals surface area contributed by atoms with E-state index in [4.69, 9.17) is 0 Å². The highest BCUT2D eigenvalue weighted by Crippen LogP contribution is 2.56. The molecule has 0 spiro atoms. The topological polar surface area (TPSA) is 12.0 Å². The second-order valence-corrected chi connectivity index (χ2v) is 5.09. The van der Waals surface area contributed by atoms with Crippen molar-refractivity contribution in [3.8, 4) is 0 Å². The molecule has 0 saturated heterocycles. The lowest BCUT2D eigenvalue weighted by molar-refractivity contribution is 0.465. The van der Waals surface area contributed by atoms with E-state index in [1.807, 2.05) is 0 Å². The van der Waals surface area contributed by atoms with E-state index in [1.165, 1.54) is 38.8 Å². The van der Waals surface area contributed by atoms with Gasteiger partial charge in [-0.3, -0.25) is 0 Å². The van der Waals surface area contributed by atoms with Crippen LogP contribution in [-0.2, 0) is 0 Å². The molecule has 13 heavy (non-hydrogen) atoms. The quantitative estimate of drug-likeness (QED) is 0.687. The summed E-state index contributed by atoms with van der Waals surface area (Å²) in [7, 11) is 0. The largest absolute Gasteiger partial charge is 0.316 e. The van der Waals surface area contributed by atoms with Gasteiger partial charge in [-0.2, -0.15) is 0 Å². The molecule has 0 aromatic carbocycles. The summed E-state index contributed by atoms with van der Waals surface area (Å²) in [6, 6.07) is 0. The van der Waals surface area contributed by atoms with Gasteiger partial charge < -0.3 is 5.32 Å². The fraction of sp³-hybridized carbons (Fsp3) is 1.00. The van der Waals surface area contributed by atoms with Gasteiger partial charge in [0.15, 0.2) is 0 Å². The first-order valence-corrected chi connectivity index (χ1v) is 6.03. The SMILES string of the molecule is CCC(C)CNCC1C2CCCC21. The summed E-state index contributed by atoms with van der Waals surface area (Å²) in [6.45, 7) is 7.14. The van der Waals surface area contributed by atoms with Crippen molar-refractivity contribution in [2.24, 2.45) is 23.7 Å². The Balaban J connectivity index is 1.55. The molecule has 0 aromatic rings. The smallest absolute Gasteiger partial charge is 0.00149 e. The summed E-state index contributed by atoms with van der Waals surface area (Å²) in [6.07, 6.45) is 5.88. The molecule has 0 amide bonds. The molecule has 0 bridgehead atoms. The maximum atomic E-state index is 3.63. The second kappa shape index (κ2) is 4.00. The van der Waals surface area contributed by atoms with Crippen molar-refractivity contribution in [2.45, 2.75) is 39.5 Å². The standard InChI is InChI=1S/C12H23N/c1-3-9(2)7-13-8-12-10-5-4-6-11(10)12/h9-13H,3-8H2,1-2H3. The van der Waals surface area contributed by atoms with Gasteiger partial charge in [0.05, 0.1) is 0 Å². The van der Waals surface area contributed by atoms with E-state index >= 15 is 0 Å². The number of fused-ring (bicyclic) bond motifs is 1. The van der Waals surface area contributed by atoms with Crippen molar-refractivity contribution in [1.29, 1.82) is 0 Å². The summed E-state index contributed by atoms with van der Waals surface area (Å²) in [4.78, 5) is 0. The van der Waals surface area contributed by atoms with E-state index in [9.17, 15) is 0 Å². The molecule has 1 N–H and O–H groups in total. The van der Waals surface area contributed by atoms with Gasteiger partial charge in [0.1, 0.15) is 0 Å². The Hall–Kier alpha value is -0.0400. The Morgan fingerprint density at radius 2 is 2.00 bits per heavy atom. The highest BCUT2D eigenvalue weighted by atomic mass is 14.9. The number of hydrogen-bond donors (Lipinski definition) is 1. The lowest BCUT2D eigenvalue weighted by atomic mass is 10.1. The third-order valence-electron chi connectivity index (χ3n) is 4.15.